The topological polar surface area (TPSA) is 46.4 Å². The lowest BCUT2D eigenvalue weighted by atomic mass is 10.0. The maximum Gasteiger partial charge on any atom is 0.160 e. The van der Waals surface area contributed by atoms with E-state index in [4.69, 9.17) is 14.8 Å². The second kappa shape index (κ2) is 10.7. The number of benzene rings is 1. The van der Waals surface area contributed by atoms with E-state index in [0.717, 1.165) is 55.7 Å². The summed E-state index contributed by atoms with van der Waals surface area (Å²) in [6.07, 6.45) is 6.90. The molecule has 1 aromatic carbocycles. The summed E-state index contributed by atoms with van der Waals surface area (Å²) in [5.41, 5.74) is 5.72. The molecular weight excluding hydrogens is 410 g/mol. The molecule has 0 bridgehead atoms. The van der Waals surface area contributed by atoms with Crippen molar-refractivity contribution < 1.29 is 4.74 Å². The van der Waals surface area contributed by atoms with E-state index in [1.165, 1.54) is 29.7 Å². The number of unbranched alkanes of at least 4 members (excludes halogenated alkanes) is 1. The van der Waals surface area contributed by atoms with E-state index in [2.05, 4.69) is 68.0 Å². The minimum Gasteiger partial charge on any atom is -0.381 e. The van der Waals surface area contributed by atoms with Crippen molar-refractivity contribution in [1.29, 1.82) is 0 Å². The summed E-state index contributed by atoms with van der Waals surface area (Å²) >= 11 is 0. The Morgan fingerprint density at radius 2 is 1.97 bits per heavy atom. The Hall–Kier alpha value is -2.44. The Bertz CT molecular complexity index is 1050. The van der Waals surface area contributed by atoms with Gasteiger partial charge in [-0.25, -0.2) is 9.67 Å². The zero-order valence-corrected chi connectivity index (χ0v) is 20.9. The Morgan fingerprint density at radius 3 is 2.67 bits per heavy atom. The van der Waals surface area contributed by atoms with Crippen LogP contribution < -0.4 is 4.90 Å². The van der Waals surface area contributed by atoms with Crippen molar-refractivity contribution in [3.63, 3.8) is 0 Å². The number of hydrogen-bond acceptors (Lipinski definition) is 5. The first-order valence-corrected chi connectivity index (χ1v) is 12.4. The molecule has 3 heterocycles. The van der Waals surface area contributed by atoms with Crippen LogP contribution in [-0.4, -0.2) is 59.6 Å². The van der Waals surface area contributed by atoms with Gasteiger partial charge < -0.3 is 14.5 Å². The number of anilines is 1. The van der Waals surface area contributed by atoms with Gasteiger partial charge in [0.05, 0.1) is 29.1 Å². The monoisotopic (exact) mass is 449 g/mol. The van der Waals surface area contributed by atoms with Gasteiger partial charge in [-0.15, -0.1) is 0 Å². The number of ether oxygens (including phenoxy) is 1. The van der Waals surface area contributed by atoms with E-state index in [1.54, 1.807) is 0 Å². The molecule has 3 aromatic rings. The fourth-order valence-corrected chi connectivity index (χ4v) is 4.77. The number of hydrogen-bond donors (Lipinski definition) is 0. The van der Waals surface area contributed by atoms with E-state index < -0.39 is 0 Å². The minimum atomic E-state index is 0.260. The van der Waals surface area contributed by atoms with Crippen LogP contribution in [0.5, 0.6) is 0 Å². The van der Waals surface area contributed by atoms with Crippen molar-refractivity contribution in [2.75, 3.05) is 38.7 Å². The van der Waals surface area contributed by atoms with Crippen molar-refractivity contribution in [2.45, 2.75) is 65.1 Å². The van der Waals surface area contributed by atoms with Crippen molar-refractivity contribution in [1.82, 2.24) is 19.7 Å². The molecule has 178 valence electrons. The summed E-state index contributed by atoms with van der Waals surface area (Å²) in [7, 11) is 4.03. The molecule has 0 N–H and O–H groups in total. The molecule has 6 nitrogen and oxygen atoms in total. The number of methoxy groups -OCH3 is 1. The highest BCUT2D eigenvalue weighted by atomic mass is 16.5. The van der Waals surface area contributed by atoms with Crippen LogP contribution in [0.3, 0.4) is 0 Å². The number of pyridine rings is 1. The molecule has 0 saturated carbocycles. The maximum absolute atomic E-state index is 5.60. The van der Waals surface area contributed by atoms with Crippen LogP contribution in [0.4, 0.5) is 5.69 Å². The lowest BCUT2D eigenvalue weighted by molar-refractivity contribution is 0.0819. The molecule has 0 radical (unpaired) electrons. The van der Waals surface area contributed by atoms with Crippen molar-refractivity contribution in [3.8, 4) is 11.3 Å². The summed E-state index contributed by atoms with van der Waals surface area (Å²) in [4.78, 5) is 10.0. The predicted octanol–water partition coefficient (Wildman–Crippen LogP) is 5.53. The first-order chi connectivity index (χ1) is 16.0. The van der Waals surface area contributed by atoms with Gasteiger partial charge in [0.15, 0.2) is 5.65 Å². The Balaban J connectivity index is 1.71. The maximum atomic E-state index is 5.60. The van der Waals surface area contributed by atoms with Crippen molar-refractivity contribution in [3.05, 3.63) is 42.1 Å². The van der Waals surface area contributed by atoms with Crippen LogP contribution in [0.15, 0.2) is 36.5 Å². The van der Waals surface area contributed by atoms with Crippen LogP contribution in [0.25, 0.3) is 22.3 Å². The Morgan fingerprint density at radius 1 is 1.18 bits per heavy atom. The van der Waals surface area contributed by atoms with E-state index in [9.17, 15) is 0 Å². The second-order valence-corrected chi connectivity index (χ2v) is 9.66. The molecule has 0 aliphatic carbocycles. The molecule has 2 aromatic heterocycles. The molecule has 1 fully saturated rings. The third kappa shape index (κ3) is 5.39. The second-order valence-electron chi connectivity index (χ2n) is 9.66. The lowest BCUT2D eigenvalue weighted by Crippen LogP contribution is -2.36. The normalized spacial score (nSPS) is 15.3. The van der Waals surface area contributed by atoms with Gasteiger partial charge in [0.1, 0.15) is 0 Å². The number of rotatable bonds is 9. The van der Waals surface area contributed by atoms with Gasteiger partial charge in [0.25, 0.3) is 0 Å². The van der Waals surface area contributed by atoms with E-state index in [1.807, 2.05) is 18.0 Å². The molecule has 33 heavy (non-hydrogen) atoms. The zero-order chi connectivity index (χ0) is 23.4. The SMILES string of the molecule is CCCCN(C)Cc1cccc(-c2cc(N3CCC(OC)CC3)c3cnn(C(C)C)c3n2)c1. The van der Waals surface area contributed by atoms with Crippen LogP contribution in [-0.2, 0) is 11.3 Å². The minimum absolute atomic E-state index is 0.260. The molecule has 1 saturated heterocycles. The molecule has 0 spiro atoms. The van der Waals surface area contributed by atoms with Crippen LogP contribution in [0.1, 0.15) is 58.1 Å². The van der Waals surface area contributed by atoms with Gasteiger partial charge in [-0.3, -0.25) is 0 Å². The standard InChI is InChI=1S/C27H39N5O/c1-6-7-13-30(4)19-21-9-8-10-22(16-21)25-17-26(31-14-11-23(33-5)12-15-31)24-18-28-32(20(2)3)27(24)29-25/h8-10,16-18,20,23H,6-7,11-15,19H2,1-5H3. The number of aromatic nitrogens is 3. The molecule has 1 aliphatic heterocycles. The largest absolute Gasteiger partial charge is 0.381 e. The van der Waals surface area contributed by atoms with E-state index in [-0.39, 0.29) is 6.04 Å². The lowest BCUT2D eigenvalue weighted by Gasteiger charge is -2.33. The van der Waals surface area contributed by atoms with Gasteiger partial charge in [-0.05, 0) is 64.4 Å². The number of nitrogens with zero attached hydrogens (tertiary/aromatic N) is 5. The Labute approximate surface area is 198 Å². The average Bonchev–Trinajstić information content (AvgIpc) is 3.27. The fourth-order valence-electron chi connectivity index (χ4n) is 4.77. The quantitative estimate of drug-likeness (QED) is 0.430. The molecule has 4 rings (SSSR count). The first kappa shape index (κ1) is 23.7. The fraction of sp³-hybridized carbons (Fsp3) is 0.556. The van der Waals surface area contributed by atoms with Gasteiger partial charge >= 0.3 is 0 Å². The number of piperidine rings is 1. The van der Waals surface area contributed by atoms with E-state index >= 15 is 0 Å². The highest BCUT2D eigenvalue weighted by molar-refractivity contribution is 5.92. The van der Waals surface area contributed by atoms with Crippen molar-refractivity contribution >= 4 is 16.7 Å². The summed E-state index contributed by atoms with van der Waals surface area (Å²) in [6.45, 7) is 10.6. The molecule has 1 aliphatic rings. The highest BCUT2D eigenvalue weighted by Crippen LogP contribution is 2.34. The third-order valence-electron chi connectivity index (χ3n) is 6.72. The zero-order valence-electron chi connectivity index (χ0n) is 20.9. The average molecular weight is 450 g/mol. The molecule has 0 amide bonds. The smallest absolute Gasteiger partial charge is 0.160 e. The molecular formula is C27H39N5O. The van der Waals surface area contributed by atoms with Gasteiger partial charge in [-0.1, -0.05) is 31.5 Å². The van der Waals surface area contributed by atoms with Gasteiger partial charge in [0.2, 0.25) is 0 Å². The van der Waals surface area contributed by atoms with Gasteiger partial charge in [0, 0.05) is 38.3 Å². The van der Waals surface area contributed by atoms with Crippen LogP contribution in [0.2, 0.25) is 0 Å². The number of fused-ring (bicyclic) bond motifs is 1. The third-order valence-corrected chi connectivity index (χ3v) is 6.72. The highest BCUT2D eigenvalue weighted by Gasteiger charge is 2.23. The summed E-state index contributed by atoms with van der Waals surface area (Å²) < 4.78 is 7.65. The molecule has 0 atom stereocenters. The summed E-state index contributed by atoms with van der Waals surface area (Å²) in [6, 6.07) is 11.4. The summed E-state index contributed by atoms with van der Waals surface area (Å²) in [5.74, 6) is 0. The predicted molar refractivity (Wildman–Crippen MR) is 137 cm³/mol. The van der Waals surface area contributed by atoms with Crippen LogP contribution in [0, 0.1) is 0 Å². The summed E-state index contributed by atoms with van der Waals surface area (Å²) in [5, 5.41) is 5.84. The van der Waals surface area contributed by atoms with Crippen molar-refractivity contribution in [2.24, 2.45) is 0 Å². The van der Waals surface area contributed by atoms with Gasteiger partial charge in [-0.2, -0.15) is 5.10 Å². The first-order valence-electron chi connectivity index (χ1n) is 12.4. The molecule has 0 unspecified atom stereocenters. The molecule has 6 heteroatoms. The van der Waals surface area contributed by atoms with Crippen LogP contribution >= 0.6 is 0 Å². The Kier molecular flexibility index (Phi) is 7.66. The van der Waals surface area contributed by atoms with E-state index in [0.29, 0.717) is 6.10 Å².